The number of aromatic nitrogens is 3. The fourth-order valence-electron chi connectivity index (χ4n) is 6.27. The molecule has 3 atom stereocenters. The number of carbonyl (C=O) groups excluding carboxylic acids is 1. The molecule has 1 saturated carbocycles. The third-order valence-electron chi connectivity index (χ3n) is 8.11. The average molecular weight is 570 g/mol. The second-order valence-corrected chi connectivity index (χ2v) is 12.0. The van der Waals surface area contributed by atoms with Gasteiger partial charge in [-0.3, -0.25) is 14.3 Å². The molecule has 210 valence electrons. The lowest BCUT2D eigenvalue weighted by molar-refractivity contribution is -0.138. The summed E-state index contributed by atoms with van der Waals surface area (Å²) in [4.78, 5) is 39.2. The molecule has 0 radical (unpaired) electrons. The number of thioether (sulfide) groups is 1. The first-order valence-corrected chi connectivity index (χ1v) is 14.5. The summed E-state index contributed by atoms with van der Waals surface area (Å²) in [7, 11) is 0. The molecule has 3 aliphatic rings. The summed E-state index contributed by atoms with van der Waals surface area (Å²) < 4.78 is 45.4. The topological polar surface area (TPSA) is 71.3 Å². The van der Waals surface area contributed by atoms with Crippen LogP contribution in [0.1, 0.15) is 55.3 Å². The molecule has 1 aromatic carbocycles. The standard InChI is InChI=1S/C29H30F3N5O2S/c1-4-23(38)37-16(2)12-35(13-17(37)3)27-20-11-21(29(30,31)32)24(18-8-9-18)26-25(20)36(28(39)34-27)14-19(15-40-26)22-7-5-6-10-33-22/h4-7,10-11,16-19H,1,8-9,12-15H2,2-3H3/t16-,17+,19-/m0/s1. The van der Waals surface area contributed by atoms with Crippen molar-refractivity contribution in [3.05, 3.63) is 70.4 Å². The third-order valence-corrected chi connectivity index (χ3v) is 9.38. The van der Waals surface area contributed by atoms with Gasteiger partial charge in [0.15, 0.2) is 0 Å². The maximum absolute atomic E-state index is 14.6. The van der Waals surface area contributed by atoms with Crippen molar-refractivity contribution in [2.45, 2.75) is 68.2 Å². The number of hydrogen-bond acceptors (Lipinski definition) is 6. The van der Waals surface area contributed by atoms with Crippen LogP contribution < -0.4 is 10.6 Å². The Bertz CT molecular complexity index is 1540. The molecule has 0 unspecified atom stereocenters. The third kappa shape index (κ3) is 4.57. The van der Waals surface area contributed by atoms with Crippen molar-refractivity contribution in [1.29, 1.82) is 0 Å². The highest BCUT2D eigenvalue weighted by molar-refractivity contribution is 7.99. The highest BCUT2D eigenvalue weighted by Gasteiger charge is 2.43. The number of pyridine rings is 1. The van der Waals surface area contributed by atoms with Crippen molar-refractivity contribution >= 4 is 34.4 Å². The van der Waals surface area contributed by atoms with E-state index < -0.39 is 17.4 Å². The Kier molecular flexibility index (Phi) is 6.67. The molecule has 0 bridgehead atoms. The van der Waals surface area contributed by atoms with Gasteiger partial charge in [-0.05, 0) is 62.4 Å². The fraction of sp³-hybridized carbons (Fsp3) is 0.448. The molecular formula is C29H30F3N5O2S. The van der Waals surface area contributed by atoms with Gasteiger partial charge in [-0.25, -0.2) is 4.79 Å². The molecule has 11 heteroatoms. The van der Waals surface area contributed by atoms with Crippen LogP contribution in [0.25, 0.3) is 10.9 Å². The Morgan fingerprint density at radius 2 is 1.85 bits per heavy atom. The van der Waals surface area contributed by atoms with Gasteiger partial charge in [0.05, 0.1) is 11.1 Å². The Morgan fingerprint density at radius 3 is 2.45 bits per heavy atom. The van der Waals surface area contributed by atoms with Gasteiger partial charge in [-0.15, -0.1) is 11.8 Å². The van der Waals surface area contributed by atoms with Crippen molar-refractivity contribution in [2.75, 3.05) is 23.7 Å². The lowest BCUT2D eigenvalue weighted by atomic mass is 9.98. The highest BCUT2D eigenvalue weighted by atomic mass is 32.2. The van der Waals surface area contributed by atoms with Crippen molar-refractivity contribution < 1.29 is 18.0 Å². The quantitative estimate of drug-likeness (QED) is 0.403. The van der Waals surface area contributed by atoms with Crippen LogP contribution in [0.5, 0.6) is 0 Å². The first-order valence-electron chi connectivity index (χ1n) is 13.5. The molecule has 2 aromatic heterocycles. The number of amides is 1. The molecule has 0 N–H and O–H groups in total. The number of rotatable bonds is 4. The minimum atomic E-state index is -4.55. The highest BCUT2D eigenvalue weighted by Crippen LogP contribution is 2.53. The number of benzene rings is 1. The predicted octanol–water partition coefficient (Wildman–Crippen LogP) is 5.19. The number of anilines is 1. The van der Waals surface area contributed by atoms with E-state index in [1.807, 2.05) is 36.9 Å². The first kappa shape index (κ1) is 26.9. The summed E-state index contributed by atoms with van der Waals surface area (Å²) in [5.74, 6) is 0.198. The second kappa shape index (κ2) is 9.94. The molecule has 3 aromatic rings. The molecular weight excluding hydrogens is 539 g/mol. The smallest absolute Gasteiger partial charge is 0.352 e. The number of hydrogen-bond donors (Lipinski definition) is 0. The van der Waals surface area contributed by atoms with E-state index in [1.54, 1.807) is 15.7 Å². The van der Waals surface area contributed by atoms with E-state index >= 15 is 0 Å². The van der Waals surface area contributed by atoms with Gasteiger partial charge >= 0.3 is 11.9 Å². The minimum Gasteiger partial charge on any atom is -0.352 e. The maximum atomic E-state index is 14.6. The summed E-state index contributed by atoms with van der Waals surface area (Å²) in [5, 5.41) is 0.323. The molecule has 1 aliphatic carbocycles. The Labute approximate surface area is 234 Å². The normalized spacial score (nSPS) is 23.3. The van der Waals surface area contributed by atoms with Crippen molar-refractivity contribution in [2.24, 2.45) is 0 Å². The van der Waals surface area contributed by atoms with Crippen LogP contribution in [0.15, 0.2) is 52.8 Å². The van der Waals surface area contributed by atoms with Crippen LogP contribution in [0.2, 0.25) is 0 Å². The predicted molar refractivity (Wildman–Crippen MR) is 149 cm³/mol. The van der Waals surface area contributed by atoms with Gasteiger partial charge in [-0.2, -0.15) is 18.2 Å². The van der Waals surface area contributed by atoms with Gasteiger partial charge in [0.2, 0.25) is 5.91 Å². The zero-order chi connectivity index (χ0) is 28.3. The van der Waals surface area contributed by atoms with Crippen LogP contribution in [-0.4, -0.2) is 56.3 Å². The van der Waals surface area contributed by atoms with Crippen LogP contribution in [0.4, 0.5) is 19.0 Å². The molecule has 6 rings (SSSR count). The molecule has 1 saturated heterocycles. The van der Waals surface area contributed by atoms with Gasteiger partial charge in [0, 0.05) is 65.6 Å². The molecule has 1 amide bonds. The van der Waals surface area contributed by atoms with Gasteiger partial charge in [0.25, 0.3) is 0 Å². The number of halogens is 3. The summed E-state index contributed by atoms with van der Waals surface area (Å²) in [6.45, 7) is 8.30. The summed E-state index contributed by atoms with van der Waals surface area (Å²) in [5.41, 5.74) is 0.495. The zero-order valence-electron chi connectivity index (χ0n) is 22.3. The van der Waals surface area contributed by atoms with E-state index in [0.29, 0.717) is 53.0 Å². The fourth-order valence-corrected chi connectivity index (χ4v) is 7.70. The van der Waals surface area contributed by atoms with Crippen LogP contribution in [-0.2, 0) is 17.5 Å². The first-order chi connectivity index (χ1) is 19.1. The number of alkyl halides is 3. The summed E-state index contributed by atoms with van der Waals surface area (Å²) in [6.07, 6.45) is -0.202. The molecule has 4 heterocycles. The number of piperazine rings is 1. The summed E-state index contributed by atoms with van der Waals surface area (Å²) in [6, 6.07) is 6.29. The van der Waals surface area contributed by atoms with E-state index in [1.165, 1.54) is 23.9 Å². The van der Waals surface area contributed by atoms with E-state index in [2.05, 4.69) is 16.5 Å². The minimum absolute atomic E-state index is 0.165. The summed E-state index contributed by atoms with van der Waals surface area (Å²) >= 11 is 1.39. The largest absolute Gasteiger partial charge is 0.416 e. The van der Waals surface area contributed by atoms with Gasteiger partial charge in [0.1, 0.15) is 5.82 Å². The van der Waals surface area contributed by atoms with Crippen LogP contribution in [0.3, 0.4) is 0 Å². The molecule has 7 nitrogen and oxygen atoms in total. The maximum Gasteiger partial charge on any atom is 0.416 e. The van der Waals surface area contributed by atoms with E-state index in [0.717, 1.165) is 5.69 Å². The lowest BCUT2D eigenvalue weighted by Gasteiger charge is -2.44. The molecule has 0 spiro atoms. The van der Waals surface area contributed by atoms with Crippen LogP contribution in [0, 0.1) is 0 Å². The average Bonchev–Trinajstić information content (AvgIpc) is 3.77. The van der Waals surface area contributed by atoms with Crippen molar-refractivity contribution in [3.8, 4) is 0 Å². The monoisotopic (exact) mass is 569 g/mol. The van der Waals surface area contributed by atoms with Gasteiger partial charge < -0.3 is 9.80 Å². The molecule has 2 fully saturated rings. The molecule has 40 heavy (non-hydrogen) atoms. The lowest BCUT2D eigenvalue weighted by Crippen LogP contribution is -2.58. The zero-order valence-corrected chi connectivity index (χ0v) is 23.1. The van der Waals surface area contributed by atoms with Crippen LogP contribution >= 0.6 is 11.8 Å². The number of carbonyl (C=O) groups is 1. The Hall–Kier alpha value is -3.34. The van der Waals surface area contributed by atoms with Gasteiger partial charge in [-0.1, -0.05) is 12.6 Å². The van der Waals surface area contributed by atoms with Crippen molar-refractivity contribution in [3.63, 3.8) is 0 Å². The molecule has 2 aliphatic heterocycles. The van der Waals surface area contributed by atoms with E-state index in [9.17, 15) is 22.8 Å². The second-order valence-electron chi connectivity index (χ2n) is 11.0. The van der Waals surface area contributed by atoms with E-state index in [-0.39, 0.29) is 42.2 Å². The van der Waals surface area contributed by atoms with Crippen molar-refractivity contribution in [1.82, 2.24) is 19.4 Å². The Morgan fingerprint density at radius 1 is 1.12 bits per heavy atom. The van der Waals surface area contributed by atoms with E-state index in [4.69, 9.17) is 0 Å². The SMILES string of the molecule is C=CC(=O)N1[C@H](C)CN(c2nc(=O)n3c4c(c(C5CC5)c(C(F)(F)F)cc24)SC[C@@H](c2ccccn2)C3)C[C@@H]1C. The Balaban J connectivity index is 1.57. The number of nitrogens with zero attached hydrogens (tertiary/aromatic N) is 5.